The molecular weight excluding hydrogens is 753 g/mol. The van der Waals surface area contributed by atoms with Gasteiger partial charge in [0.15, 0.2) is 24.8 Å². The summed E-state index contributed by atoms with van der Waals surface area (Å²) < 4.78 is 64.5. The Morgan fingerprint density at radius 2 is 0.814 bits per heavy atom. The van der Waals surface area contributed by atoms with E-state index in [-0.39, 0.29) is 26.4 Å². The Morgan fingerprint density at radius 3 is 1.25 bits per heavy atom. The Bertz CT molecular complexity index is 1990. The maximum absolute atomic E-state index is 13.3. The lowest BCUT2D eigenvalue weighted by Crippen LogP contribution is -2.69. The van der Waals surface area contributed by atoms with E-state index >= 15 is 0 Å². The molecule has 10 atom stereocenters. The van der Waals surface area contributed by atoms with Crippen molar-refractivity contribution in [3.8, 4) is 0 Å². The molecule has 4 fully saturated rings. The second-order valence-corrected chi connectivity index (χ2v) is 14.7. The fraction of sp³-hybridized carbons (Fsp3) is 0.354. The molecule has 0 amide bonds. The summed E-state index contributed by atoms with van der Waals surface area (Å²) in [4.78, 5) is 13.3. The van der Waals surface area contributed by atoms with Gasteiger partial charge in [0, 0.05) is 7.11 Å². The van der Waals surface area contributed by atoms with Gasteiger partial charge >= 0.3 is 5.97 Å². The van der Waals surface area contributed by atoms with Crippen LogP contribution in [0.25, 0.3) is 0 Å². The van der Waals surface area contributed by atoms with Crippen molar-refractivity contribution in [3.05, 3.63) is 179 Å². The number of fused-ring (bicyclic) bond motifs is 3. The first-order valence-electron chi connectivity index (χ1n) is 20.1. The largest absolute Gasteiger partial charge is 0.452 e. The predicted molar refractivity (Wildman–Crippen MR) is 215 cm³/mol. The van der Waals surface area contributed by atoms with Gasteiger partial charge in [-0.1, -0.05) is 152 Å². The molecule has 9 rings (SSSR count). The van der Waals surface area contributed by atoms with Crippen LogP contribution in [-0.2, 0) is 85.2 Å². The van der Waals surface area contributed by atoms with E-state index < -0.39 is 67.4 Å². The molecule has 11 nitrogen and oxygen atoms in total. The molecule has 308 valence electrons. The molecule has 0 unspecified atom stereocenters. The van der Waals surface area contributed by atoms with E-state index in [0.717, 1.165) is 27.8 Å². The van der Waals surface area contributed by atoms with Crippen LogP contribution in [-0.4, -0.2) is 81.1 Å². The molecule has 0 spiro atoms. The zero-order valence-electron chi connectivity index (χ0n) is 32.9. The lowest BCUT2D eigenvalue weighted by atomic mass is 9.94. The van der Waals surface area contributed by atoms with Crippen LogP contribution < -0.4 is 0 Å². The fourth-order valence-electron chi connectivity index (χ4n) is 7.63. The van der Waals surface area contributed by atoms with Crippen LogP contribution in [0.4, 0.5) is 0 Å². The molecule has 0 aromatic heterocycles. The number of hydrogen-bond acceptors (Lipinski definition) is 11. The second-order valence-electron chi connectivity index (χ2n) is 14.7. The first-order chi connectivity index (χ1) is 29.1. The molecular formula is C48H50O11. The number of carbonyl (C=O) groups excluding carboxylic acids is 1. The Balaban J connectivity index is 1.04. The Kier molecular flexibility index (Phi) is 14.2. The minimum Gasteiger partial charge on any atom is -0.452 e. The van der Waals surface area contributed by atoms with Crippen molar-refractivity contribution in [2.75, 3.05) is 13.7 Å². The lowest BCUT2D eigenvalue weighted by Gasteiger charge is -2.50. The third-order valence-corrected chi connectivity index (χ3v) is 10.7. The highest BCUT2D eigenvalue weighted by molar-refractivity contribution is 5.77. The minimum absolute atomic E-state index is 0.0255. The number of methoxy groups -OCH3 is 1. The van der Waals surface area contributed by atoms with Crippen LogP contribution >= 0.6 is 0 Å². The van der Waals surface area contributed by atoms with Gasteiger partial charge in [-0.25, -0.2) is 4.79 Å². The second kappa shape index (κ2) is 20.5. The van der Waals surface area contributed by atoms with E-state index in [0.29, 0.717) is 13.2 Å². The molecule has 4 saturated heterocycles. The number of carbonyl (C=O) groups is 1. The van der Waals surface area contributed by atoms with E-state index in [1.165, 1.54) is 0 Å². The summed E-state index contributed by atoms with van der Waals surface area (Å²) in [5.41, 5.74) is 4.87. The summed E-state index contributed by atoms with van der Waals surface area (Å²) in [6.45, 7) is 1.37. The average molecular weight is 803 g/mol. The molecule has 4 aliphatic heterocycles. The normalized spacial score (nSPS) is 27.6. The van der Waals surface area contributed by atoms with Crippen molar-refractivity contribution in [1.82, 2.24) is 0 Å². The number of hydrogen-bond donors (Lipinski definition) is 0. The molecule has 5 aromatic rings. The van der Waals surface area contributed by atoms with Gasteiger partial charge in [0.05, 0.1) is 39.6 Å². The highest BCUT2D eigenvalue weighted by Crippen LogP contribution is 2.37. The number of benzene rings is 5. The standard InChI is InChI=1S/C48H50O11/c1-50-47-44(55-31-37-25-15-6-16-26-37)40(52-28-34-19-9-3-10-20-34)39(51-27-33-17-7-2-8-18-33)38(57-47)32-56-48-45-42(54-30-36-23-13-5-14-24-36)41(43(59-48)46(49)58-45)53-29-35-21-11-4-12-22-35/h2-26,38-45,47-48H,27-32H2,1H3/t38-,39-,40+,41+,42+,43+,44-,45+,47+,48-/m1/s1. The quantitative estimate of drug-likeness (QED) is 0.0810. The van der Waals surface area contributed by atoms with Gasteiger partial charge in [-0.2, -0.15) is 0 Å². The molecule has 4 heterocycles. The van der Waals surface area contributed by atoms with Crippen LogP contribution in [0.2, 0.25) is 0 Å². The third kappa shape index (κ3) is 10.5. The number of esters is 1. The SMILES string of the molecule is CO[C@H]1O[C@H](CO[C@@H]2O[C@@H]3C(=O)O[C@H]2[C@@H](OCc2ccccc2)[C@@H]3OCc2ccccc2)[C@@H](OCc2ccccc2)[C@H](OCc2ccccc2)[C@H]1OCc1ccccc1. The fourth-order valence-corrected chi connectivity index (χ4v) is 7.63. The minimum atomic E-state index is -1.09. The highest BCUT2D eigenvalue weighted by atomic mass is 16.8. The van der Waals surface area contributed by atoms with Crippen LogP contribution in [0.5, 0.6) is 0 Å². The van der Waals surface area contributed by atoms with Crippen molar-refractivity contribution in [2.24, 2.45) is 0 Å². The summed E-state index contributed by atoms with van der Waals surface area (Å²) in [6.07, 6.45) is -8.05. The van der Waals surface area contributed by atoms with Gasteiger partial charge in [0.25, 0.3) is 0 Å². The molecule has 11 heteroatoms. The molecule has 59 heavy (non-hydrogen) atoms. The summed E-state index contributed by atoms with van der Waals surface area (Å²) in [6, 6.07) is 49.3. The Hall–Kier alpha value is -4.79. The van der Waals surface area contributed by atoms with Crippen molar-refractivity contribution >= 4 is 5.97 Å². The average Bonchev–Trinajstić information content (AvgIpc) is 3.29. The number of ether oxygens (including phenoxy) is 10. The van der Waals surface area contributed by atoms with Gasteiger partial charge < -0.3 is 47.4 Å². The van der Waals surface area contributed by atoms with Gasteiger partial charge in [0.2, 0.25) is 0 Å². The molecule has 0 saturated carbocycles. The van der Waals surface area contributed by atoms with Gasteiger partial charge in [-0.05, 0) is 27.8 Å². The van der Waals surface area contributed by atoms with Crippen LogP contribution in [0, 0.1) is 0 Å². The first kappa shape index (κ1) is 41.0. The van der Waals surface area contributed by atoms with Crippen molar-refractivity contribution in [1.29, 1.82) is 0 Å². The molecule has 4 aliphatic rings. The summed E-state index contributed by atoms with van der Waals surface area (Å²) in [5.74, 6) is -0.530. The van der Waals surface area contributed by atoms with Crippen LogP contribution in [0.15, 0.2) is 152 Å². The van der Waals surface area contributed by atoms with Crippen molar-refractivity contribution in [3.63, 3.8) is 0 Å². The van der Waals surface area contributed by atoms with Gasteiger partial charge in [-0.3, -0.25) is 0 Å². The Morgan fingerprint density at radius 1 is 0.424 bits per heavy atom. The molecule has 0 radical (unpaired) electrons. The van der Waals surface area contributed by atoms with Crippen molar-refractivity contribution < 1.29 is 52.2 Å². The van der Waals surface area contributed by atoms with E-state index in [1.807, 2.05) is 152 Å². The lowest BCUT2D eigenvalue weighted by molar-refractivity contribution is -0.358. The zero-order chi connectivity index (χ0) is 40.2. The van der Waals surface area contributed by atoms with Crippen molar-refractivity contribution in [2.45, 2.75) is 94.4 Å². The summed E-state index contributed by atoms with van der Waals surface area (Å²) in [7, 11) is 1.58. The predicted octanol–water partition coefficient (Wildman–Crippen LogP) is 6.95. The van der Waals surface area contributed by atoms with Crippen LogP contribution in [0.3, 0.4) is 0 Å². The first-order valence-corrected chi connectivity index (χ1v) is 20.1. The molecule has 2 bridgehead atoms. The van der Waals surface area contributed by atoms with E-state index in [2.05, 4.69) is 0 Å². The van der Waals surface area contributed by atoms with Gasteiger partial charge in [-0.15, -0.1) is 0 Å². The molecule has 0 aliphatic carbocycles. The van der Waals surface area contributed by atoms with E-state index in [9.17, 15) is 4.79 Å². The third-order valence-electron chi connectivity index (χ3n) is 10.7. The van der Waals surface area contributed by atoms with E-state index in [1.54, 1.807) is 7.11 Å². The molecule has 5 aromatic carbocycles. The Labute approximate surface area is 345 Å². The summed E-state index contributed by atoms with van der Waals surface area (Å²) >= 11 is 0. The molecule has 0 N–H and O–H groups in total. The van der Waals surface area contributed by atoms with Crippen LogP contribution in [0.1, 0.15) is 27.8 Å². The number of rotatable bonds is 19. The maximum Gasteiger partial charge on any atom is 0.338 e. The van der Waals surface area contributed by atoms with Gasteiger partial charge in [0.1, 0.15) is 36.6 Å². The monoisotopic (exact) mass is 802 g/mol. The maximum atomic E-state index is 13.3. The highest BCUT2D eigenvalue weighted by Gasteiger charge is 2.59. The summed E-state index contributed by atoms with van der Waals surface area (Å²) in [5, 5.41) is 0. The topological polar surface area (TPSA) is 109 Å². The zero-order valence-corrected chi connectivity index (χ0v) is 32.9. The van der Waals surface area contributed by atoms with E-state index in [4.69, 9.17) is 47.4 Å². The smallest absolute Gasteiger partial charge is 0.338 e.